The predicted molar refractivity (Wildman–Crippen MR) is 67.1 cm³/mol. The molecule has 2 nitrogen and oxygen atoms in total. The zero-order chi connectivity index (χ0) is 11.7. The summed E-state index contributed by atoms with van der Waals surface area (Å²) in [5.74, 6) is 1.37. The van der Waals surface area contributed by atoms with Gasteiger partial charge in [-0.25, -0.2) is 0 Å². The second-order valence-electron chi connectivity index (χ2n) is 3.42. The molecule has 1 atom stereocenters. The van der Waals surface area contributed by atoms with Gasteiger partial charge in [-0.1, -0.05) is 20.4 Å². The summed E-state index contributed by atoms with van der Waals surface area (Å²) < 4.78 is 5.02. The normalized spacial score (nSPS) is 13.5. The van der Waals surface area contributed by atoms with E-state index in [1.807, 2.05) is 6.08 Å². The predicted octanol–water partition coefficient (Wildman–Crippen LogP) is 3.44. The van der Waals surface area contributed by atoms with Gasteiger partial charge in [0.25, 0.3) is 0 Å². The molecule has 0 heterocycles. The maximum absolute atomic E-state index is 5.73. The third kappa shape index (κ3) is 6.45. The van der Waals surface area contributed by atoms with Crippen molar-refractivity contribution in [2.45, 2.75) is 39.2 Å². The van der Waals surface area contributed by atoms with Crippen molar-refractivity contribution >= 4 is 11.6 Å². The molecule has 0 saturated carbocycles. The molecular weight excluding hydrogens is 210 g/mol. The average Bonchev–Trinajstić information content (AvgIpc) is 2.26. The molecule has 0 aromatic heterocycles. The van der Waals surface area contributed by atoms with E-state index in [-0.39, 0.29) is 0 Å². The van der Waals surface area contributed by atoms with E-state index >= 15 is 0 Å². The van der Waals surface area contributed by atoms with Gasteiger partial charge < -0.3 is 10.1 Å². The summed E-state index contributed by atoms with van der Waals surface area (Å²) in [6.45, 7) is 8.04. The Labute approximate surface area is 98.3 Å². The average molecular weight is 232 g/mol. The van der Waals surface area contributed by atoms with Gasteiger partial charge in [-0.2, -0.15) is 0 Å². The van der Waals surface area contributed by atoms with E-state index in [4.69, 9.17) is 16.3 Å². The van der Waals surface area contributed by atoms with Crippen LogP contribution >= 0.6 is 11.6 Å². The molecule has 0 radical (unpaired) electrons. The van der Waals surface area contributed by atoms with E-state index in [9.17, 15) is 0 Å². The minimum atomic E-state index is 0.443. The van der Waals surface area contributed by atoms with Gasteiger partial charge in [-0.15, -0.1) is 11.6 Å². The fourth-order valence-corrected chi connectivity index (χ4v) is 1.53. The molecular formula is C12H22ClNO. The first-order chi connectivity index (χ1) is 7.17. The lowest BCUT2D eigenvalue weighted by Crippen LogP contribution is -2.28. The number of methoxy groups -OCH3 is 1. The second-order valence-corrected chi connectivity index (χ2v) is 3.80. The highest BCUT2D eigenvalue weighted by Crippen LogP contribution is 2.07. The number of ether oxygens (including phenoxy) is 1. The first kappa shape index (κ1) is 14.4. The van der Waals surface area contributed by atoms with E-state index in [1.165, 1.54) is 0 Å². The van der Waals surface area contributed by atoms with E-state index < -0.39 is 0 Å². The van der Waals surface area contributed by atoms with E-state index in [2.05, 4.69) is 25.7 Å². The van der Waals surface area contributed by atoms with Gasteiger partial charge in [-0.3, -0.25) is 0 Å². The molecule has 0 aliphatic carbocycles. The number of allylic oxidation sites excluding steroid dienone is 2. The molecule has 15 heavy (non-hydrogen) atoms. The summed E-state index contributed by atoms with van der Waals surface area (Å²) in [4.78, 5) is 0. The highest BCUT2D eigenvalue weighted by atomic mass is 35.5. The van der Waals surface area contributed by atoms with Gasteiger partial charge in [0, 0.05) is 17.6 Å². The highest BCUT2D eigenvalue weighted by molar-refractivity contribution is 6.17. The van der Waals surface area contributed by atoms with Crippen LogP contribution in [-0.4, -0.2) is 19.0 Å². The number of nitrogens with one attached hydrogen (secondary N) is 1. The van der Waals surface area contributed by atoms with Gasteiger partial charge in [0.15, 0.2) is 0 Å². The first-order valence-electron chi connectivity index (χ1n) is 5.43. The van der Waals surface area contributed by atoms with Gasteiger partial charge in [0.2, 0.25) is 0 Å². The highest BCUT2D eigenvalue weighted by Gasteiger charge is 2.06. The Morgan fingerprint density at radius 3 is 2.60 bits per heavy atom. The maximum atomic E-state index is 5.73. The van der Waals surface area contributed by atoms with Crippen molar-refractivity contribution in [3.63, 3.8) is 0 Å². The van der Waals surface area contributed by atoms with Gasteiger partial charge in [0.1, 0.15) is 5.76 Å². The SMILES string of the molecule is C=C(/C=C(\CC)NC(CC)CCCl)OC. The number of rotatable bonds is 8. The zero-order valence-corrected chi connectivity index (χ0v) is 10.7. The Morgan fingerprint density at radius 1 is 1.53 bits per heavy atom. The van der Waals surface area contributed by atoms with E-state index in [0.29, 0.717) is 17.7 Å². The van der Waals surface area contributed by atoms with Gasteiger partial charge >= 0.3 is 0 Å². The van der Waals surface area contributed by atoms with Crippen LogP contribution in [0.3, 0.4) is 0 Å². The number of hydrogen-bond donors (Lipinski definition) is 1. The Balaban J connectivity index is 4.29. The lowest BCUT2D eigenvalue weighted by Gasteiger charge is -2.19. The summed E-state index contributed by atoms with van der Waals surface area (Å²) in [5, 5.41) is 3.46. The van der Waals surface area contributed by atoms with Crippen molar-refractivity contribution in [2.75, 3.05) is 13.0 Å². The quantitative estimate of drug-likeness (QED) is 0.393. The summed E-state index contributed by atoms with van der Waals surface area (Å²) in [6, 6.07) is 0.443. The summed E-state index contributed by atoms with van der Waals surface area (Å²) in [6.07, 6.45) is 4.94. The molecule has 0 aromatic carbocycles. The molecule has 0 bridgehead atoms. The standard InChI is InChI=1S/C12H22ClNO/c1-5-11(7-8-13)14-12(6-2)9-10(3)15-4/h9,11,14H,3,5-8H2,1-2,4H3/b12-9+. The van der Waals surface area contributed by atoms with Crippen LogP contribution in [0.15, 0.2) is 24.1 Å². The summed E-state index contributed by atoms with van der Waals surface area (Å²) in [7, 11) is 1.63. The summed E-state index contributed by atoms with van der Waals surface area (Å²) >= 11 is 5.73. The Morgan fingerprint density at radius 2 is 2.20 bits per heavy atom. The molecule has 0 rings (SSSR count). The topological polar surface area (TPSA) is 21.3 Å². The van der Waals surface area contributed by atoms with Crippen molar-refractivity contribution in [3.8, 4) is 0 Å². The number of halogens is 1. The third-order valence-corrected chi connectivity index (χ3v) is 2.54. The molecule has 1 unspecified atom stereocenters. The van der Waals surface area contributed by atoms with Crippen LogP contribution in [0.4, 0.5) is 0 Å². The smallest absolute Gasteiger partial charge is 0.113 e. The molecule has 1 N–H and O–H groups in total. The van der Waals surface area contributed by atoms with Crippen LogP contribution in [0.2, 0.25) is 0 Å². The van der Waals surface area contributed by atoms with Crippen LogP contribution in [0.1, 0.15) is 33.1 Å². The Kier molecular flexibility index (Phi) is 8.30. The fourth-order valence-electron chi connectivity index (χ4n) is 1.27. The van der Waals surface area contributed by atoms with Crippen molar-refractivity contribution in [1.82, 2.24) is 5.32 Å². The Bertz CT molecular complexity index is 214. The van der Waals surface area contributed by atoms with Crippen LogP contribution < -0.4 is 5.32 Å². The molecule has 3 heteroatoms. The molecule has 0 saturated heterocycles. The maximum Gasteiger partial charge on any atom is 0.113 e. The molecule has 0 spiro atoms. The van der Waals surface area contributed by atoms with Crippen LogP contribution in [0.25, 0.3) is 0 Å². The minimum Gasteiger partial charge on any atom is -0.497 e. The van der Waals surface area contributed by atoms with Crippen molar-refractivity contribution < 1.29 is 4.74 Å². The zero-order valence-electron chi connectivity index (χ0n) is 9.98. The molecule has 0 aliphatic heterocycles. The molecule has 88 valence electrons. The molecule has 0 aromatic rings. The monoisotopic (exact) mass is 231 g/mol. The molecule has 0 aliphatic rings. The first-order valence-corrected chi connectivity index (χ1v) is 5.97. The largest absolute Gasteiger partial charge is 0.497 e. The fraction of sp³-hybridized carbons (Fsp3) is 0.667. The van der Waals surface area contributed by atoms with Crippen LogP contribution in [0, 0.1) is 0 Å². The van der Waals surface area contributed by atoms with Crippen molar-refractivity contribution in [1.29, 1.82) is 0 Å². The van der Waals surface area contributed by atoms with E-state index in [0.717, 1.165) is 25.0 Å². The van der Waals surface area contributed by atoms with Crippen molar-refractivity contribution in [3.05, 3.63) is 24.1 Å². The molecule has 0 amide bonds. The van der Waals surface area contributed by atoms with Gasteiger partial charge in [-0.05, 0) is 25.3 Å². The summed E-state index contributed by atoms with van der Waals surface area (Å²) in [5.41, 5.74) is 1.15. The number of hydrogen-bond acceptors (Lipinski definition) is 2. The third-order valence-electron chi connectivity index (χ3n) is 2.32. The van der Waals surface area contributed by atoms with Gasteiger partial charge in [0.05, 0.1) is 7.11 Å². The van der Waals surface area contributed by atoms with Crippen LogP contribution in [-0.2, 0) is 4.74 Å². The Hall–Kier alpha value is -0.630. The second kappa shape index (κ2) is 8.66. The lowest BCUT2D eigenvalue weighted by atomic mass is 10.1. The minimum absolute atomic E-state index is 0.443. The van der Waals surface area contributed by atoms with Crippen LogP contribution in [0.5, 0.6) is 0 Å². The van der Waals surface area contributed by atoms with E-state index in [1.54, 1.807) is 7.11 Å². The molecule has 0 fully saturated rings. The van der Waals surface area contributed by atoms with Crippen molar-refractivity contribution in [2.24, 2.45) is 0 Å². The number of alkyl halides is 1. The lowest BCUT2D eigenvalue weighted by molar-refractivity contribution is 0.307.